The molecular formula is C13H19ClN2O5. The minimum Gasteiger partial charge on any atom is -1.00 e. The van der Waals surface area contributed by atoms with Crippen LogP contribution >= 0.6 is 0 Å². The molecule has 5 N–H and O–H groups in total. The molecular weight excluding hydrogens is 300 g/mol. The van der Waals surface area contributed by atoms with Crippen LogP contribution in [0.5, 0.6) is 0 Å². The van der Waals surface area contributed by atoms with Gasteiger partial charge in [-0.05, 0) is 12.0 Å². The van der Waals surface area contributed by atoms with Crippen LogP contribution in [0.4, 0.5) is 4.79 Å². The van der Waals surface area contributed by atoms with Crippen LogP contribution in [-0.4, -0.2) is 35.0 Å². The number of aliphatic carboxylic acids is 1. The van der Waals surface area contributed by atoms with Crippen LogP contribution in [0, 0.1) is 0 Å². The molecule has 118 valence electrons. The van der Waals surface area contributed by atoms with Crippen molar-refractivity contribution in [2.45, 2.75) is 25.5 Å². The van der Waals surface area contributed by atoms with E-state index in [0.29, 0.717) is 13.0 Å². The van der Waals surface area contributed by atoms with Crippen molar-refractivity contribution in [3.63, 3.8) is 0 Å². The van der Waals surface area contributed by atoms with Crippen LogP contribution in [0.1, 0.15) is 18.4 Å². The summed E-state index contributed by atoms with van der Waals surface area (Å²) in [4.78, 5) is 22.5. The summed E-state index contributed by atoms with van der Waals surface area (Å²) in [5.41, 5.74) is 1.79. The highest BCUT2D eigenvalue weighted by Crippen LogP contribution is 2.02. The molecule has 1 aromatic rings. The largest absolute Gasteiger partial charge is 1.00 e. The van der Waals surface area contributed by atoms with Gasteiger partial charge in [0.05, 0.1) is 0 Å². The van der Waals surface area contributed by atoms with Crippen LogP contribution in [0.2, 0.25) is 0 Å². The highest BCUT2D eigenvalue weighted by molar-refractivity contribution is 5.79. The predicted octanol–water partition coefficient (Wildman–Crippen LogP) is -2.90. The fourth-order valence-corrected chi connectivity index (χ4v) is 1.58. The minimum atomic E-state index is -1.13. The molecule has 0 radical (unpaired) electrons. The smallest absolute Gasteiger partial charge is 0.408 e. The average molecular weight is 319 g/mol. The number of carbonyl (C=O) groups excluding carboxylic acids is 1. The van der Waals surface area contributed by atoms with Crippen LogP contribution in [0.25, 0.3) is 0 Å². The second-order valence-corrected chi connectivity index (χ2v) is 4.21. The molecule has 1 aromatic carbocycles. The lowest BCUT2D eigenvalue weighted by molar-refractivity contribution is -0.886. The molecule has 0 aliphatic heterocycles. The maximum atomic E-state index is 11.5. The summed E-state index contributed by atoms with van der Waals surface area (Å²) < 4.78 is 4.94. The number of ether oxygens (including phenoxy) is 1. The Labute approximate surface area is 128 Å². The monoisotopic (exact) mass is 318 g/mol. The Morgan fingerprint density at radius 3 is 2.52 bits per heavy atom. The van der Waals surface area contributed by atoms with E-state index < -0.39 is 18.1 Å². The molecule has 0 saturated carbocycles. The summed E-state index contributed by atoms with van der Waals surface area (Å²) in [6.45, 7) is 0.466. The molecule has 8 heteroatoms. The maximum Gasteiger partial charge on any atom is 0.408 e. The summed E-state index contributed by atoms with van der Waals surface area (Å²) in [7, 11) is 0. The number of nitrogens with one attached hydrogen (secondary N) is 1. The second-order valence-electron chi connectivity index (χ2n) is 4.21. The van der Waals surface area contributed by atoms with E-state index in [1.54, 1.807) is 12.1 Å². The number of hydrogen-bond acceptors (Lipinski definition) is 4. The van der Waals surface area contributed by atoms with E-state index in [0.717, 1.165) is 11.0 Å². The molecule has 0 aliphatic rings. The van der Waals surface area contributed by atoms with Crippen molar-refractivity contribution < 1.29 is 42.5 Å². The molecule has 0 fully saturated rings. The number of carbonyl (C=O) groups is 2. The van der Waals surface area contributed by atoms with Gasteiger partial charge in [0.1, 0.15) is 19.2 Å². The zero-order chi connectivity index (χ0) is 14.8. The molecule has 1 amide bonds. The predicted molar refractivity (Wildman–Crippen MR) is 69.0 cm³/mol. The van der Waals surface area contributed by atoms with Gasteiger partial charge in [0.15, 0.2) is 0 Å². The van der Waals surface area contributed by atoms with Crippen molar-refractivity contribution in [1.82, 2.24) is 5.32 Å². The number of hydroxylamine groups is 1. The summed E-state index contributed by atoms with van der Waals surface area (Å²) in [5.74, 6) is -1.13. The first-order valence-electron chi connectivity index (χ1n) is 6.29. The van der Waals surface area contributed by atoms with Gasteiger partial charge in [-0.25, -0.2) is 20.3 Å². The molecule has 0 unspecified atom stereocenters. The Bertz CT molecular complexity index is 430. The zero-order valence-corrected chi connectivity index (χ0v) is 12.1. The highest BCUT2D eigenvalue weighted by Gasteiger charge is 2.20. The van der Waals surface area contributed by atoms with E-state index in [2.05, 4.69) is 5.32 Å². The lowest BCUT2D eigenvalue weighted by Crippen LogP contribution is -3.00. The van der Waals surface area contributed by atoms with E-state index in [9.17, 15) is 9.59 Å². The molecule has 0 saturated heterocycles. The van der Waals surface area contributed by atoms with Crippen molar-refractivity contribution in [1.29, 1.82) is 0 Å². The van der Waals surface area contributed by atoms with Gasteiger partial charge >= 0.3 is 12.1 Å². The summed E-state index contributed by atoms with van der Waals surface area (Å²) in [6, 6.07) is 8.09. The molecule has 1 atom stereocenters. The molecule has 0 bridgehead atoms. The lowest BCUT2D eigenvalue weighted by atomic mass is 10.1. The summed E-state index contributed by atoms with van der Waals surface area (Å²) in [5, 5.41) is 19.8. The summed E-state index contributed by atoms with van der Waals surface area (Å²) in [6.07, 6.45) is -0.0755. The molecule has 1 rings (SSSR count). The molecule has 0 aromatic heterocycles. The van der Waals surface area contributed by atoms with Gasteiger partial charge in [-0.15, -0.1) is 0 Å². The topological polar surface area (TPSA) is 112 Å². The fourth-order valence-electron chi connectivity index (χ4n) is 1.58. The van der Waals surface area contributed by atoms with Gasteiger partial charge in [-0.2, -0.15) is 0 Å². The average Bonchev–Trinajstić information content (AvgIpc) is 2.45. The van der Waals surface area contributed by atoms with E-state index in [1.807, 2.05) is 18.2 Å². The Kier molecular flexibility index (Phi) is 9.95. The highest BCUT2D eigenvalue weighted by atomic mass is 35.5. The first-order valence-corrected chi connectivity index (χ1v) is 6.29. The normalized spacial score (nSPS) is 11.1. The molecule has 7 nitrogen and oxygen atoms in total. The van der Waals surface area contributed by atoms with E-state index >= 15 is 0 Å². The van der Waals surface area contributed by atoms with Crippen molar-refractivity contribution in [2.24, 2.45) is 0 Å². The van der Waals surface area contributed by atoms with Crippen molar-refractivity contribution in [3.8, 4) is 0 Å². The first kappa shape index (κ1) is 19.2. The third-order valence-electron chi connectivity index (χ3n) is 2.63. The minimum absolute atomic E-state index is 0. The molecule has 0 heterocycles. The number of benzene rings is 1. The number of carboxylic acid groups (broad SMARTS) is 1. The first-order chi connectivity index (χ1) is 9.63. The number of carboxylic acids is 1. The third-order valence-corrected chi connectivity index (χ3v) is 2.63. The molecule has 0 aliphatic carbocycles. The standard InChI is InChI=1S/C13H18N2O5.ClH/c16-12(17)11(7-4-8-14-19)15-13(18)20-9-10-5-2-1-3-6-10;/h1-3,5-6,11,14,19H,4,7-9H2,(H,15,18)(H,16,17);1H/t11-;/m0./s1. The lowest BCUT2D eigenvalue weighted by Gasteiger charge is -2.13. The van der Waals surface area contributed by atoms with Crippen molar-refractivity contribution in [3.05, 3.63) is 35.9 Å². The van der Waals surface area contributed by atoms with Crippen LogP contribution in [-0.2, 0) is 16.1 Å². The Hall–Kier alpha value is -1.83. The number of quaternary nitrogens is 1. The molecule has 21 heavy (non-hydrogen) atoms. The van der Waals surface area contributed by atoms with Crippen molar-refractivity contribution in [2.75, 3.05) is 6.54 Å². The van der Waals surface area contributed by atoms with Gasteiger partial charge in [0, 0.05) is 6.42 Å². The SMILES string of the molecule is O=C(N[C@@H](CCC[NH2+]O)C(=O)O)OCc1ccccc1.[Cl-]. The van der Waals surface area contributed by atoms with Gasteiger partial charge in [-0.1, -0.05) is 30.3 Å². The fraction of sp³-hybridized carbons (Fsp3) is 0.385. The van der Waals surface area contributed by atoms with E-state index in [-0.39, 0.29) is 25.4 Å². The number of amides is 1. The maximum absolute atomic E-state index is 11.5. The Morgan fingerprint density at radius 1 is 1.29 bits per heavy atom. The van der Waals surface area contributed by atoms with E-state index in [1.165, 1.54) is 0 Å². The summed E-state index contributed by atoms with van der Waals surface area (Å²) >= 11 is 0. The van der Waals surface area contributed by atoms with Crippen molar-refractivity contribution >= 4 is 12.1 Å². The zero-order valence-electron chi connectivity index (χ0n) is 11.4. The number of halogens is 1. The number of rotatable bonds is 8. The van der Waals surface area contributed by atoms with Gasteiger partial charge in [0.2, 0.25) is 0 Å². The van der Waals surface area contributed by atoms with Crippen LogP contribution in [0.15, 0.2) is 30.3 Å². The number of alkyl carbamates (subject to hydrolysis) is 1. The van der Waals surface area contributed by atoms with Gasteiger partial charge in [-0.3, -0.25) is 0 Å². The molecule has 0 spiro atoms. The Morgan fingerprint density at radius 2 is 1.95 bits per heavy atom. The van der Waals surface area contributed by atoms with Gasteiger partial charge < -0.3 is 27.6 Å². The van der Waals surface area contributed by atoms with Gasteiger partial charge in [0.25, 0.3) is 0 Å². The van der Waals surface area contributed by atoms with Crippen LogP contribution in [0.3, 0.4) is 0 Å². The number of nitrogens with two attached hydrogens (primary N) is 1. The van der Waals surface area contributed by atoms with Crippen LogP contribution < -0.4 is 23.2 Å². The van der Waals surface area contributed by atoms with E-state index in [4.69, 9.17) is 15.1 Å². The quantitative estimate of drug-likeness (QED) is 0.303. The third kappa shape index (κ3) is 8.13. The Balaban J connectivity index is 0.00000400. The second kappa shape index (κ2) is 10.9. The number of hydrogen-bond donors (Lipinski definition) is 4.